The molecule has 4 aromatic rings. The molecule has 3 aromatic heterocycles. The van der Waals surface area contributed by atoms with Crippen molar-refractivity contribution in [3.8, 4) is 11.3 Å². The van der Waals surface area contributed by atoms with Crippen molar-refractivity contribution in [2.45, 2.75) is 50.2 Å². The monoisotopic (exact) mass is 468 g/mol. The lowest BCUT2D eigenvalue weighted by atomic mass is 9.88. The van der Waals surface area contributed by atoms with Gasteiger partial charge in [0, 0.05) is 60.8 Å². The summed E-state index contributed by atoms with van der Waals surface area (Å²) in [6.07, 6.45) is 10.6. The maximum atomic E-state index is 12.4. The molecular formula is C27H28N6O2. The molecule has 5 heterocycles. The molecule has 178 valence electrons. The van der Waals surface area contributed by atoms with Gasteiger partial charge in [-0.05, 0) is 37.8 Å². The number of aliphatic hydroxyl groups is 1. The van der Waals surface area contributed by atoms with Gasteiger partial charge < -0.3 is 15.7 Å². The molecule has 0 bridgehead atoms. The quantitative estimate of drug-likeness (QED) is 0.474. The Morgan fingerprint density at radius 1 is 1.09 bits per heavy atom. The number of nitrogen functional groups attached to an aromatic ring is 1. The van der Waals surface area contributed by atoms with E-state index in [0.29, 0.717) is 24.8 Å². The van der Waals surface area contributed by atoms with Crippen molar-refractivity contribution in [1.29, 1.82) is 0 Å². The Hall–Kier alpha value is -3.78. The van der Waals surface area contributed by atoms with Crippen molar-refractivity contribution >= 4 is 17.2 Å². The predicted molar refractivity (Wildman–Crippen MR) is 132 cm³/mol. The fourth-order valence-electron chi connectivity index (χ4n) is 5.62. The lowest BCUT2D eigenvalue weighted by Gasteiger charge is -2.34. The van der Waals surface area contributed by atoms with E-state index in [1.54, 1.807) is 25.5 Å². The molecule has 1 aromatic carbocycles. The fourth-order valence-corrected chi connectivity index (χ4v) is 5.62. The van der Waals surface area contributed by atoms with E-state index < -0.39 is 5.60 Å². The smallest absolute Gasteiger partial charge is 0.222 e. The van der Waals surface area contributed by atoms with Crippen molar-refractivity contribution in [1.82, 2.24) is 24.3 Å². The number of carbonyl (C=O) groups is 1. The number of nitrogens with zero attached hydrogens (tertiary/aromatic N) is 5. The minimum absolute atomic E-state index is 0.141. The summed E-state index contributed by atoms with van der Waals surface area (Å²) in [4.78, 5) is 28.0. The van der Waals surface area contributed by atoms with Crippen molar-refractivity contribution in [2.75, 3.05) is 12.3 Å². The van der Waals surface area contributed by atoms with Crippen molar-refractivity contribution < 1.29 is 9.90 Å². The molecule has 1 unspecified atom stereocenters. The number of aromatic nitrogens is 4. The molecule has 2 aliphatic heterocycles. The van der Waals surface area contributed by atoms with Crippen LogP contribution in [0.15, 0.2) is 61.2 Å². The number of anilines is 1. The average Bonchev–Trinajstić information content (AvgIpc) is 3.46. The largest absolute Gasteiger partial charge is 0.382 e. The molecule has 0 saturated carbocycles. The predicted octanol–water partition coefficient (Wildman–Crippen LogP) is 3.50. The van der Waals surface area contributed by atoms with Gasteiger partial charge in [-0.3, -0.25) is 14.2 Å². The number of hydrogen-bond donors (Lipinski definition) is 2. The first-order chi connectivity index (χ1) is 16.9. The molecule has 2 fully saturated rings. The Morgan fingerprint density at radius 3 is 2.69 bits per heavy atom. The normalized spacial score (nSPS) is 21.8. The lowest BCUT2D eigenvalue weighted by Crippen LogP contribution is -2.41. The van der Waals surface area contributed by atoms with Crippen LogP contribution in [0.25, 0.3) is 16.8 Å². The van der Waals surface area contributed by atoms with Gasteiger partial charge in [0.15, 0.2) is 0 Å². The molecule has 35 heavy (non-hydrogen) atoms. The van der Waals surface area contributed by atoms with E-state index in [-0.39, 0.29) is 11.8 Å². The zero-order valence-corrected chi connectivity index (χ0v) is 19.6. The molecule has 3 N–H and O–H groups in total. The zero-order valence-electron chi connectivity index (χ0n) is 19.6. The Kier molecular flexibility index (Phi) is 5.07. The molecule has 0 aliphatic carbocycles. The number of nitrogens with two attached hydrogens (primary N) is 1. The summed E-state index contributed by atoms with van der Waals surface area (Å²) in [6.45, 7) is 2.46. The summed E-state index contributed by atoms with van der Waals surface area (Å²) in [5, 5.41) is 11.2. The maximum Gasteiger partial charge on any atom is 0.222 e. The Bertz CT molecular complexity index is 1400. The molecular weight excluding hydrogens is 440 g/mol. The number of fused-ring (bicyclic) bond motifs is 2. The van der Waals surface area contributed by atoms with Gasteiger partial charge in [0.2, 0.25) is 5.91 Å². The molecule has 6 rings (SSSR count). The molecule has 3 atom stereocenters. The van der Waals surface area contributed by atoms with Crippen molar-refractivity contribution in [3.63, 3.8) is 0 Å². The van der Waals surface area contributed by atoms with E-state index in [4.69, 9.17) is 10.7 Å². The van der Waals surface area contributed by atoms with Gasteiger partial charge in [-0.25, -0.2) is 9.97 Å². The summed E-state index contributed by atoms with van der Waals surface area (Å²) in [5.41, 5.74) is 9.07. The van der Waals surface area contributed by atoms with Crippen LogP contribution in [-0.4, -0.2) is 47.9 Å². The highest BCUT2D eigenvalue weighted by atomic mass is 16.3. The maximum absolute atomic E-state index is 12.4. The van der Waals surface area contributed by atoms with Crippen LogP contribution in [0.2, 0.25) is 0 Å². The van der Waals surface area contributed by atoms with Gasteiger partial charge in [0.05, 0.1) is 0 Å². The molecule has 0 radical (unpaired) electrons. The molecule has 2 aliphatic rings. The highest BCUT2D eigenvalue weighted by Gasteiger charge is 2.38. The molecule has 1 amide bonds. The van der Waals surface area contributed by atoms with E-state index in [0.717, 1.165) is 53.0 Å². The number of imidazole rings is 1. The number of benzene rings is 1. The Balaban J connectivity index is 1.39. The number of hydrogen-bond acceptors (Lipinski definition) is 6. The number of piperidine rings is 1. The van der Waals surface area contributed by atoms with Gasteiger partial charge in [0.1, 0.15) is 28.5 Å². The molecule has 2 saturated heterocycles. The fraction of sp³-hybridized carbons (Fsp3) is 0.333. The summed E-state index contributed by atoms with van der Waals surface area (Å²) in [7, 11) is 0. The second kappa shape index (κ2) is 8.16. The Morgan fingerprint density at radius 2 is 1.91 bits per heavy atom. The van der Waals surface area contributed by atoms with Crippen LogP contribution in [0.4, 0.5) is 5.82 Å². The number of amides is 1. The minimum Gasteiger partial charge on any atom is -0.382 e. The van der Waals surface area contributed by atoms with Crippen LogP contribution in [0, 0.1) is 0 Å². The van der Waals surface area contributed by atoms with Crippen LogP contribution >= 0.6 is 0 Å². The van der Waals surface area contributed by atoms with Crippen LogP contribution < -0.4 is 5.73 Å². The summed E-state index contributed by atoms with van der Waals surface area (Å²) in [5.74, 6) is 1.72. The van der Waals surface area contributed by atoms with Gasteiger partial charge in [-0.15, -0.1) is 0 Å². The molecule has 8 nitrogen and oxygen atoms in total. The number of rotatable bonds is 4. The standard InChI is InChI=1S/C27H28N6O2/c1-27(35,20-3-2-12-29-15-20)19-7-4-17(5-8-19)23-24-25(28)30-13-14-32(24)26(31-23)18-6-9-21-10-11-22(34)33(21)16-18/h2-5,7-8,12-15,18,21,35H,6,9-11,16H2,1H3,(H2,28,30)/t18-,21+,27?/m1/s1. The highest BCUT2D eigenvalue weighted by Crippen LogP contribution is 2.38. The average molecular weight is 469 g/mol. The van der Waals surface area contributed by atoms with E-state index >= 15 is 0 Å². The van der Waals surface area contributed by atoms with Crippen LogP contribution in [0.5, 0.6) is 0 Å². The second-order valence-electron chi connectivity index (χ2n) is 9.75. The van der Waals surface area contributed by atoms with Crippen LogP contribution in [0.3, 0.4) is 0 Å². The molecule has 8 heteroatoms. The summed E-state index contributed by atoms with van der Waals surface area (Å²) < 4.78 is 2.03. The SMILES string of the molecule is CC(O)(c1ccc(-c2nc([C@@H]3CC[C@H]4CCC(=O)N4C3)n3ccnc(N)c23)cc1)c1cccnc1. The summed E-state index contributed by atoms with van der Waals surface area (Å²) in [6, 6.07) is 11.8. The molecule has 0 spiro atoms. The topological polar surface area (TPSA) is 110 Å². The summed E-state index contributed by atoms with van der Waals surface area (Å²) >= 11 is 0. The van der Waals surface area contributed by atoms with E-state index in [1.165, 1.54) is 0 Å². The third kappa shape index (κ3) is 3.56. The van der Waals surface area contributed by atoms with Crippen molar-refractivity contribution in [2.24, 2.45) is 0 Å². The number of carbonyl (C=O) groups excluding carboxylic acids is 1. The van der Waals surface area contributed by atoms with Crippen LogP contribution in [-0.2, 0) is 10.4 Å². The van der Waals surface area contributed by atoms with Crippen LogP contribution in [0.1, 0.15) is 55.5 Å². The van der Waals surface area contributed by atoms with Gasteiger partial charge in [-0.2, -0.15) is 0 Å². The third-order valence-electron chi connectivity index (χ3n) is 7.64. The number of pyridine rings is 1. The highest BCUT2D eigenvalue weighted by molar-refractivity contribution is 5.85. The zero-order chi connectivity index (χ0) is 24.2. The van der Waals surface area contributed by atoms with E-state index in [9.17, 15) is 9.90 Å². The van der Waals surface area contributed by atoms with Gasteiger partial charge in [0.25, 0.3) is 0 Å². The minimum atomic E-state index is -1.17. The Labute approximate surface area is 203 Å². The first-order valence-corrected chi connectivity index (χ1v) is 12.1. The lowest BCUT2D eigenvalue weighted by molar-refractivity contribution is -0.130. The first-order valence-electron chi connectivity index (χ1n) is 12.1. The van der Waals surface area contributed by atoms with E-state index in [2.05, 4.69) is 9.97 Å². The second-order valence-corrected chi connectivity index (χ2v) is 9.75. The first kappa shape index (κ1) is 21.7. The van der Waals surface area contributed by atoms with Gasteiger partial charge in [-0.1, -0.05) is 30.3 Å². The van der Waals surface area contributed by atoms with Gasteiger partial charge >= 0.3 is 0 Å². The third-order valence-corrected chi connectivity index (χ3v) is 7.64. The van der Waals surface area contributed by atoms with E-state index in [1.807, 2.05) is 51.9 Å². The van der Waals surface area contributed by atoms with Crippen molar-refractivity contribution in [3.05, 3.63) is 78.1 Å².